The molecule has 9 heteroatoms. The number of rotatable bonds is 8. The van der Waals surface area contributed by atoms with Gasteiger partial charge in [-0.15, -0.1) is 0 Å². The Kier molecular flexibility index (Phi) is 6.97. The molecule has 0 radical (unpaired) electrons. The fourth-order valence-corrected chi connectivity index (χ4v) is 3.25. The van der Waals surface area contributed by atoms with Gasteiger partial charge in [0, 0.05) is 30.5 Å². The molecule has 1 amide bonds. The third-order valence-corrected chi connectivity index (χ3v) is 5.76. The summed E-state index contributed by atoms with van der Waals surface area (Å²) in [5, 5.41) is 12.3. The van der Waals surface area contributed by atoms with Crippen LogP contribution in [0.25, 0.3) is 0 Å². The van der Waals surface area contributed by atoms with E-state index in [9.17, 15) is 4.79 Å². The van der Waals surface area contributed by atoms with Gasteiger partial charge in [-0.05, 0) is 72.4 Å². The summed E-state index contributed by atoms with van der Waals surface area (Å²) < 4.78 is 10.2. The first-order valence-electron chi connectivity index (χ1n) is 9.24. The molecule has 0 saturated heterocycles. The molecular weight excluding hydrogens is 458 g/mol. The van der Waals surface area contributed by atoms with E-state index in [1.807, 2.05) is 43.8 Å². The molecule has 0 bridgehead atoms. The van der Waals surface area contributed by atoms with Crippen molar-refractivity contribution in [2.75, 3.05) is 6.54 Å². The molecule has 7 nitrogen and oxygen atoms in total. The lowest BCUT2D eigenvalue weighted by atomic mass is 10.1. The second-order valence-corrected chi connectivity index (χ2v) is 8.05. The Morgan fingerprint density at radius 3 is 2.59 bits per heavy atom. The second-order valence-electron chi connectivity index (χ2n) is 6.82. The van der Waals surface area contributed by atoms with E-state index in [2.05, 4.69) is 31.4 Å². The SMILES string of the molecule is Cc1cc(OCn2ccc(C(=O)NCCCn3cc(Br)c(C)n3)n2)cc(C)c1Cl. The van der Waals surface area contributed by atoms with Crippen molar-refractivity contribution in [3.8, 4) is 5.75 Å². The van der Waals surface area contributed by atoms with Gasteiger partial charge in [0.25, 0.3) is 5.91 Å². The van der Waals surface area contributed by atoms with Crippen LogP contribution < -0.4 is 10.1 Å². The topological polar surface area (TPSA) is 74.0 Å². The van der Waals surface area contributed by atoms with Crippen LogP contribution in [-0.4, -0.2) is 32.0 Å². The highest BCUT2D eigenvalue weighted by Gasteiger charge is 2.10. The summed E-state index contributed by atoms with van der Waals surface area (Å²) in [5.74, 6) is 0.506. The largest absolute Gasteiger partial charge is 0.471 e. The van der Waals surface area contributed by atoms with Gasteiger partial charge in [-0.1, -0.05) is 11.6 Å². The highest BCUT2D eigenvalue weighted by atomic mass is 79.9. The van der Waals surface area contributed by atoms with Gasteiger partial charge in [0.05, 0.1) is 10.2 Å². The van der Waals surface area contributed by atoms with Crippen LogP contribution in [0.5, 0.6) is 5.75 Å². The molecule has 0 aliphatic rings. The van der Waals surface area contributed by atoms with Crippen molar-refractivity contribution in [3.63, 3.8) is 0 Å². The van der Waals surface area contributed by atoms with E-state index in [1.165, 1.54) is 0 Å². The minimum atomic E-state index is -0.209. The van der Waals surface area contributed by atoms with E-state index in [0.29, 0.717) is 18.0 Å². The van der Waals surface area contributed by atoms with E-state index < -0.39 is 0 Å². The van der Waals surface area contributed by atoms with E-state index in [1.54, 1.807) is 16.9 Å². The first-order valence-corrected chi connectivity index (χ1v) is 10.4. The smallest absolute Gasteiger partial charge is 0.271 e. The Bertz CT molecular complexity index is 972. The Balaban J connectivity index is 1.45. The highest BCUT2D eigenvalue weighted by Crippen LogP contribution is 2.26. The molecule has 2 aromatic heterocycles. The number of hydrogen-bond donors (Lipinski definition) is 1. The van der Waals surface area contributed by atoms with Crippen LogP contribution >= 0.6 is 27.5 Å². The number of nitrogens with one attached hydrogen (secondary N) is 1. The average molecular weight is 481 g/mol. The molecule has 0 fully saturated rings. The minimum Gasteiger partial charge on any atom is -0.471 e. The summed E-state index contributed by atoms with van der Waals surface area (Å²) >= 11 is 9.61. The number of nitrogens with zero attached hydrogens (tertiary/aromatic N) is 4. The predicted octanol–water partition coefficient (Wildman–Crippen LogP) is 4.28. The van der Waals surface area contributed by atoms with E-state index in [4.69, 9.17) is 16.3 Å². The molecule has 0 atom stereocenters. The Morgan fingerprint density at radius 2 is 1.93 bits per heavy atom. The lowest BCUT2D eigenvalue weighted by Gasteiger charge is -2.10. The molecule has 3 rings (SSSR count). The first-order chi connectivity index (χ1) is 13.8. The number of carbonyl (C=O) groups excluding carboxylic acids is 1. The number of ether oxygens (including phenoxy) is 1. The zero-order chi connectivity index (χ0) is 21.0. The molecule has 1 N–H and O–H groups in total. The lowest BCUT2D eigenvalue weighted by Crippen LogP contribution is -2.26. The van der Waals surface area contributed by atoms with Gasteiger partial charge in [0.15, 0.2) is 6.73 Å². The molecule has 0 saturated carbocycles. The van der Waals surface area contributed by atoms with Crippen molar-refractivity contribution in [3.05, 3.63) is 62.6 Å². The third-order valence-electron chi connectivity index (χ3n) is 4.38. The van der Waals surface area contributed by atoms with Crippen molar-refractivity contribution < 1.29 is 9.53 Å². The van der Waals surface area contributed by atoms with Crippen LogP contribution in [0.15, 0.2) is 35.1 Å². The number of carbonyl (C=O) groups is 1. The summed E-state index contributed by atoms with van der Waals surface area (Å²) in [6, 6.07) is 5.43. The Morgan fingerprint density at radius 1 is 1.21 bits per heavy atom. The predicted molar refractivity (Wildman–Crippen MR) is 115 cm³/mol. The van der Waals surface area contributed by atoms with Gasteiger partial charge in [0.2, 0.25) is 0 Å². The van der Waals surface area contributed by atoms with Crippen molar-refractivity contribution in [2.45, 2.75) is 40.5 Å². The van der Waals surface area contributed by atoms with Gasteiger partial charge in [-0.3, -0.25) is 9.48 Å². The van der Waals surface area contributed by atoms with Gasteiger partial charge in [0.1, 0.15) is 11.4 Å². The first kappa shape index (κ1) is 21.4. The molecule has 0 spiro atoms. The number of aromatic nitrogens is 4. The van der Waals surface area contributed by atoms with E-state index >= 15 is 0 Å². The van der Waals surface area contributed by atoms with Crippen molar-refractivity contribution in [2.24, 2.45) is 0 Å². The molecular formula is C20H23BrClN5O2. The number of hydrogen-bond acceptors (Lipinski definition) is 4. The number of benzene rings is 1. The Hall–Kier alpha value is -2.32. The maximum atomic E-state index is 12.3. The fraction of sp³-hybridized carbons (Fsp3) is 0.350. The van der Waals surface area contributed by atoms with E-state index in [0.717, 1.165) is 39.3 Å². The minimum absolute atomic E-state index is 0.209. The number of amides is 1. The average Bonchev–Trinajstić information content (AvgIpc) is 3.28. The van der Waals surface area contributed by atoms with Crippen molar-refractivity contribution >= 4 is 33.4 Å². The van der Waals surface area contributed by atoms with Crippen LogP contribution in [-0.2, 0) is 13.3 Å². The second kappa shape index (κ2) is 9.45. The zero-order valence-electron chi connectivity index (χ0n) is 16.6. The molecule has 154 valence electrons. The number of aryl methyl sites for hydroxylation is 4. The molecule has 0 aliphatic heterocycles. The van der Waals surface area contributed by atoms with E-state index in [-0.39, 0.29) is 12.6 Å². The molecule has 0 unspecified atom stereocenters. The summed E-state index contributed by atoms with van der Waals surface area (Å²) in [5.41, 5.74) is 3.22. The quantitative estimate of drug-likeness (QED) is 0.489. The van der Waals surface area contributed by atoms with Crippen LogP contribution in [0.1, 0.15) is 33.7 Å². The van der Waals surface area contributed by atoms with Gasteiger partial charge in [-0.25, -0.2) is 4.68 Å². The summed E-state index contributed by atoms with van der Waals surface area (Å²) in [4.78, 5) is 12.3. The van der Waals surface area contributed by atoms with Crippen molar-refractivity contribution in [1.29, 1.82) is 0 Å². The van der Waals surface area contributed by atoms with Gasteiger partial charge in [-0.2, -0.15) is 10.2 Å². The summed E-state index contributed by atoms with van der Waals surface area (Å²) in [7, 11) is 0. The summed E-state index contributed by atoms with van der Waals surface area (Å²) in [6.07, 6.45) is 4.43. The van der Waals surface area contributed by atoms with Gasteiger partial charge >= 0.3 is 0 Å². The summed E-state index contributed by atoms with van der Waals surface area (Å²) in [6.45, 7) is 7.30. The van der Waals surface area contributed by atoms with Crippen LogP contribution in [0.4, 0.5) is 0 Å². The molecule has 29 heavy (non-hydrogen) atoms. The third kappa shape index (κ3) is 5.61. The normalized spacial score (nSPS) is 10.9. The molecule has 2 heterocycles. The zero-order valence-corrected chi connectivity index (χ0v) is 18.9. The lowest BCUT2D eigenvalue weighted by molar-refractivity contribution is 0.0945. The maximum absolute atomic E-state index is 12.3. The van der Waals surface area contributed by atoms with Gasteiger partial charge < -0.3 is 10.1 Å². The molecule has 0 aliphatic carbocycles. The fourth-order valence-electron chi connectivity index (χ4n) is 2.83. The van der Waals surface area contributed by atoms with Crippen LogP contribution in [0, 0.1) is 20.8 Å². The van der Waals surface area contributed by atoms with Crippen LogP contribution in [0.2, 0.25) is 5.02 Å². The molecule has 1 aromatic carbocycles. The van der Waals surface area contributed by atoms with Crippen LogP contribution in [0.3, 0.4) is 0 Å². The standard InChI is InChI=1S/C20H23BrClN5O2/c1-13-9-16(10-14(2)19(13)22)29-12-27-8-5-18(25-27)20(28)23-6-4-7-26-11-17(21)15(3)24-26/h5,8-11H,4,6-7,12H2,1-3H3,(H,23,28). The highest BCUT2D eigenvalue weighted by molar-refractivity contribution is 9.10. The van der Waals surface area contributed by atoms with Crippen molar-refractivity contribution in [1.82, 2.24) is 24.9 Å². The monoisotopic (exact) mass is 479 g/mol. The Labute approximate surface area is 183 Å². The number of halogens is 2. The maximum Gasteiger partial charge on any atom is 0.271 e. The molecule has 3 aromatic rings.